The van der Waals surface area contributed by atoms with Crippen LogP contribution in [0.1, 0.15) is 17.5 Å². The summed E-state index contributed by atoms with van der Waals surface area (Å²) in [6.07, 6.45) is 2.32. The molecular formula is C13H17BrN2O2. The molecule has 0 amide bonds. The fourth-order valence-corrected chi connectivity index (χ4v) is 1.82. The van der Waals surface area contributed by atoms with Crippen molar-refractivity contribution in [3.05, 3.63) is 40.5 Å². The van der Waals surface area contributed by atoms with E-state index in [-0.39, 0.29) is 12.5 Å². The van der Waals surface area contributed by atoms with Gasteiger partial charge in [0.25, 0.3) is 0 Å². The highest BCUT2D eigenvalue weighted by atomic mass is 79.9. The second-order valence-electron chi connectivity index (χ2n) is 4.14. The van der Waals surface area contributed by atoms with Gasteiger partial charge in [0, 0.05) is 17.9 Å². The van der Waals surface area contributed by atoms with Crippen molar-refractivity contribution in [3.63, 3.8) is 0 Å². The molecule has 0 aliphatic heterocycles. The van der Waals surface area contributed by atoms with Crippen LogP contribution in [-0.2, 0) is 11.2 Å². The molecule has 0 spiro atoms. The molecule has 1 aromatic rings. The van der Waals surface area contributed by atoms with Gasteiger partial charge in [-0.2, -0.15) is 0 Å². The molecule has 1 rings (SSSR count). The molecule has 0 heterocycles. The molecule has 0 bridgehead atoms. The number of anilines is 1. The molecule has 0 saturated heterocycles. The Bertz CT molecular complexity index is 447. The second kappa shape index (κ2) is 7.18. The first-order chi connectivity index (χ1) is 8.52. The average Bonchev–Trinajstić information content (AvgIpc) is 2.29. The topological polar surface area (TPSA) is 75.3 Å². The molecule has 18 heavy (non-hydrogen) atoms. The lowest BCUT2D eigenvalue weighted by molar-refractivity contribution is -0.137. The smallest absolute Gasteiger partial charge is 0.304 e. The van der Waals surface area contributed by atoms with Crippen molar-refractivity contribution in [2.45, 2.75) is 25.8 Å². The number of benzene rings is 1. The zero-order valence-electron chi connectivity index (χ0n) is 10.2. The largest absolute Gasteiger partial charge is 0.481 e. The van der Waals surface area contributed by atoms with Gasteiger partial charge >= 0.3 is 5.97 Å². The predicted molar refractivity (Wildman–Crippen MR) is 76.8 cm³/mol. The van der Waals surface area contributed by atoms with Gasteiger partial charge in [-0.3, -0.25) is 4.79 Å². The maximum atomic E-state index is 10.6. The highest BCUT2D eigenvalue weighted by molar-refractivity contribution is 9.11. The number of aliphatic carboxylic acids is 1. The summed E-state index contributed by atoms with van der Waals surface area (Å²) in [4.78, 5) is 12.3. The van der Waals surface area contributed by atoms with E-state index in [2.05, 4.69) is 21.2 Å². The average molecular weight is 313 g/mol. The quantitative estimate of drug-likeness (QED) is 0.754. The summed E-state index contributed by atoms with van der Waals surface area (Å²) in [5, 5.41) is 11.8. The van der Waals surface area contributed by atoms with Gasteiger partial charge in [-0.25, -0.2) is 0 Å². The van der Waals surface area contributed by atoms with Crippen LogP contribution in [0.2, 0.25) is 0 Å². The number of halogens is 1. The Balaban J connectivity index is 2.77. The van der Waals surface area contributed by atoms with Crippen molar-refractivity contribution in [1.29, 1.82) is 0 Å². The third kappa shape index (κ3) is 4.89. The number of carbonyl (C=O) groups is 1. The number of carboxylic acids is 1. The number of carboxylic acid groups (broad SMARTS) is 1. The fourth-order valence-electron chi connectivity index (χ4n) is 1.69. The van der Waals surface area contributed by atoms with E-state index in [1.165, 1.54) is 0 Å². The zero-order valence-corrected chi connectivity index (χ0v) is 11.8. The Kier molecular flexibility index (Phi) is 5.88. The number of rotatable bonds is 6. The van der Waals surface area contributed by atoms with Gasteiger partial charge in [0.2, 0.25) is 0 Å². The van der Waals surface area contributed by atoms with Crippen molar-refractivity contribution >= 4 is 27.6 Å². The maximum Gasteiger partial charge on any atom is 0.304 e. The van der Waals surface area contributed by atoms with Crippen molar-refractivity contribution < 1.29 is 9.90 Å². The molecular weight excluding hydrogens is 296 g/mol. The molecule has 0 aliphatic carbocycles. The van der Waals surface area contributed by atoms with Crippen LogP contribution < -0.4 is 11.1 Å². The van der Waals surface area contributed by atoms with Crippen molar-refractivity contribution in [2.75, 3.05) is 5.32 Å². The van der Waals surface area contributed by atoms with E-state index in [9.17, 15) is 4.79 Å². The fraction of sp³-hybridized carbons (Fsp3) is 0.308. The SMILES string of the molecule is Cc1ccc(NC=CBr)cc1C[C@H](N)CC(=O)O. The number of nitrogens with two attached hydrogens (primary N) is 1. The highest BCUT2D eigenvalue weighted by Crippen LogP contribution is 2.17. The first kappa shape index (κ1) is 14.7. The van der Waals surface area contributed by atoms with Crippen LogP contribution in [0, 0.1) is 6.92 Å². The Hall–Kier alpha value is -1.33. The van der Waals surface area contributed by atoms with E-state index in [0.29, 0.717) is 6.42 Å². The lowest BCUT2D eigenvalue weighted by Gasteiger charge is -2.13. The summed E-state index contributed by atoms with van der Waals surface area (Å²) in [5.74, 6) is -0.864. The Morgan fingerprint density at radius 3 is 2.94 bits per heavy atom. The molecule has 0 aromatic heterocycles. The maximum absolute atomic E-state index is 10.6. The summed E-state index contributed by atoms with van der Waals surface area (Å²) in [7, 11) is 0. The molecule has 0 unspecified atom stereocenters. The van der Waals surface area contributed by atoms with Crippen LogP contribution in [0.5, 0.6) is 0 Å². The number of aryl methyl sites for hydroxylation is 1. The molecule has 0 saturated carbocycles. The summed E-state index contributed by atoms with van der Waals surface area (Å²) in [5.41, 5.74) is 8.94. The van der Waals surface area contributed by atoms with Gasteiger partial charge in [-0.15, -0.1) is 0 Å². The molecule has 4 N–H and O–H groups in total. The Morgan fingerprint density at radius 2 is 2.33 bits per heavy atom. The number of hydrogen-bond acceptors (Lipinski definition) is 3. The molecule has 4 nitrogen and oxygen atoms in total. The summed E-state index contributed by atoms with van der Waals surface area (Å²) in [6.45, 7) is 1.99. The van der Waals surface area contributed by atoms with Crippen molar-refractivity contribution in [1.82, 2.24) is 0 Å². The van der Waals surface area contributed by atoms with Crippen LogP contribution in [0.4, 0.5) is 5.69 Å². The monoisotopic (exact) mass is 312 g/mol. The Morgan fingerprint density at radius 1 is 1.61 bits per heavy atom. The molecule has 1 aromatic carbocycles. The molecule has 5 heteroatoms. The van der Waals surface area contributed by atoms with E-state index < -0.39 is 5.97 Å². The zero-order chi connectivity index (χ0) is 13.5. The third-order valence-electron chi connectivity index (χ3n) is 2.58. The van der Waals surface area contributed by atoms with Gasteiger partial charge in [-0.1, -0.05) is 22.0 Å². The van der Waals surface area contributed by atoms with Crippen LogP contribution in [-0.4, -0.2) is 17.1 Å². The van der Waals surface area contributed by atoms with E-state index in [4.69, 9.17) is 10.8 Å². The van der Waals surface area contributed by atoms with Gasteiger partial charge in [0.15, 0.2) is 0 Å². The molecule has 98 valence electrons. The van der Waals surface area contributed by atoms with Gasteiger partial charge in [-0.05, 0) is 41.6 Å². The van der Waals surface area contributed by atoms with Crippen LogP contribution in [0.3, 0.4) is 0 Å². The molecule has 0 fully saturated rings. The van der Waals surface area contributed by atoms with Crippen molar-refractivity contribution in [3.8, 4) is 0 Å². The van der Waals surface area contributed by atoms with Gasteiger partial charge in [0.05, 0.1) is 6.42 Å². The van der Waals surface area contributed by atoms with Gasteiger partial charge < -0.3 is 16.2 Å². The van der Waals surface area contributed by atoms with E-state index >= 15 is 0 Å². The van der Waals surface area contributed by atoms with E-state index in [1.807, 2.05) is 25.1 Å². The highest BCUT2D eigenvalue weighted by Gasteiger charge is 2.10. The number of hydrogen-bond donors (Lipinski definition) is 3. The lowest BCUT2D eigenvalue weighted by Crippen LogP contribution is -2.26. The standard InChI is InChI=1S/C13H17BrN2O2/c1-9-2-3-12(16-5-4-14)7-10(9)6-11(15)8-13(17)18/h2-5,7,11,16H,6,8,15H2,1H3,(H,17,18)/t11-/m0/s1. The normalized spacial score (nSPS) is 12.6. The number of nitrogens with one attached hydrogen (secondary N) is 1. The predicted octanol–water partition coefficient (Wildman–Crippen LogP) is 2.62. The minimum absolute atomic E-state index is 0.0155. The lowest BCUT2D eigenvalue weighted by atomic mass is 9.99. The first-order valence-corrected chi connectivity index (χ1v) is 6.53. The van der Waals surface area contributed by atoms with Crippen LogP contribution in [0.15, 0.2) is 29.4 Å². The van der Waals surface area contributed by atoms with Gasteiger partial charge in [0.1, 0.15) is 0 Å². The summed E-state index contributed by atoms with van der Waals surface area (Å²) >= 11 is 3.18. The summed E-state index contributed by atoms with van der Waals surface area (Å²) in [6, 6.07) is 5.59. The molecule has 0 radical (unpaired) electrons. The van der Waals surface area contributed by atoms with Crippen LogP contribution >= 0.6 is 15.9 Å². The van der Waals surface area contributed by atoms with Crippen molar-refractivity contribution in [2.24, 2.45) is 5.73 Å². The molecule has 0 aliphatic rings. The van der Waals surface area contributed by atoms with Crippen LogP contribution in [0.25, 0.3) is 0 Å². The van der Waals surface area contributed by atoms with E-state index in [1.54, 1.807) is 11.2 Å². The minimum Gasteiger partial charge on any atom is -0.481 e. The summed E-state index contributed by atoms with van der Waals surface area (Å²) < 4.78 is 0. The Labute approximate surface area is 115 Å². The second-order valence-corrected chi connectivity index (χ2v) is 4.67. The third-order valence-corrected chi connectivity index (χ3v) is 2.85. The van der Waals surface area contributed by atoms with E-state index in [0.717, 1.165) is 16.8 Å². The first-order valence-electron chi connectivity index (χ1n) is 5.61. The minimum atomic E-state index is -0.864. The molecule has 1 atom stereocenters.